The van der Waals surface area contributed by atoms with Crippen LogP contribution < -0.4 is 9.26 Å². The molecule has 1 unspecified atom stereocenters. The number of carbonyl (C=O) groups excluding carboxylic acids is 2. The van der Waals surface area contributed by atoms with Crippen LogP contribution >= 0.6 is 7.60 Å². The Labute approximate surface area is 210 Å². The number of carbonyl (C=O) groups is 2. The zero-order valence-corrected chi connectivity index (χ0v) is 21.9. The second-order valence-electron chi connectivity index (χ2n) is 8.34. The van der Waals surface area contributed by atoms with E-state index in [2.05, 4.69) is 0 Å². The van der Waals surface area contributed by atoms with Gasteiger partial charge in [-0.25, -0.2) is 14.2 Å². The number of para-hydroxylation sites is 1. The first kappa shape index (κ1) is 27.3. The van der Waals surface area contributed by atoms with E-state index in [9.17, 15) is 19.3 Å². The van der Waals surface area contributed by atoms with Gasteiger partial charge in [0.25, 0.3) is 0 Å². The topological polar surface area (TPSA) is 118 Å². The highest BCUT2D eigenvalue weighted by Gasteiger charge is 2.34. The van der Waals surface area contributed by atoms with Gasteiger partial charge in [0.05, 0.1) is 19.9 Å². The Morgan fingerprint density at radius 3 is 2.61 bits per heavy atom. The number of benzene rings is 2. The van der Waals surface area contributed by atoms with Crippen molar-refractivity contribution in [3.05, 3.63) is 64.2 Å². The number of esters is 2. The van der Waals surface area contributed by atoms with Crippen LogP contribution in [0.3, 0.4) is 0 Å². The molecule has 9 nitrogen and oxygen atoms in total. The molecule has 1 heterocycles. The third-order valence-electron chi connectivity index (χ3n) is 5.67. The molecule has 0 amide bonds. The fourth-order valence-corrected chi connectivity index (χ4v) is 5.88. The number of hydrogen-bond acceptors (Lipinski definition) is 9. The molecule has 0 aliphatic carbocycles. The summed E-state index contributed by atoms with van der Waals surface area (Å²) in [5.41, 5.74) is 2.47. The molecule has 36 heavy (non-hydrogen) atoms. The van der Waals surface area contributed by atoms with E-state index >= 15 is 0 Å². The molecule has 0 aromatic heterocycles. The molecule has 194 valence electrons. The number of allylic oxidation sites excluding steroid dienone is 2. The summed E-state index contributed by atoms with van der Waals surface area (Å²) in [5.74, 6) is -0.653. The third-order valence-corrected chi connectivity index (χ3v) is 7.68. The van der Waals surface area contributed by atoms with Crippen molar-refractivity contribution < 1.29 is 42.5 Å². The SMILES string of the molecule is CCOC(=O)[C@H](C)OP(=O)(C/C(C)=C/Cc1c(O)c2c(c(C)c1OC)COC2=O)Oc1ccccc1. The molecule has 1 aliphatic rings. The van der Waals surface area contributed by atoms with Crippen LogP contribution in [-0.2, 0) is 36.4 Å². The van der Waals surface area contributed by atoms with E-state index < -0.39 is 25.6 Å². The van der Waals surface area contributed by atoms with Crippen LogP contribution in [0.2, 0.25) is 0 Å². The van der Waals surface area contributed by atoms with Gasteiger partial charge in [0.15, 0.2) is 6.10 Å². The maximum Gasteiger partial charge on any atom is 0.384 e. The first-order chi connectivity index (χ1) is 17.1. The minimum atomic E-state index is -3.85. The van der Waals surface area contributed by atoms with E-state index in [1.807, 2.05) is 0 Å². The fourth-order valence-electron chi connectivity index (χ4n) is 3.95. The number of phenols is 1. The average molecular weight is 518 g/mol. The summed E-state index contributed by atoms with van der Waals surface area (Å²) in [4.78, 5) is 24.3. The minimum absolute atomic E-state index is 0.0784. The summed E-state index contributed by atoms with van der Waals surface area (Å²) in [7, 11) is -2.37. The number of phenolic OH excluding ortho intramolecular Hbond substituents is 1. The molecule has 1 N–H and O–H groups in total. The molecular weight excluding hydrogens is 487 g/mol. The van der Waals surface area contributed by atoms with Crippen molar-refractivity contribution in [3.8, 4) is 17.2 Å². The molecule has 10 heteroatoms. The lowest BCUT2D eigenvalue weighted by atomic mass is 9.95. The van der Waals surface area contributed by atoms with Crippen molar-refractivity contribution in [2.75, 3.05) is 19.9 Å². The smallest absolute Gasteiger partial charge is 0.384 e. The van der Waals surface area contributed by atoms with Crippen molar-refractivity contribution in [3.63, 3.8) is 0 Å². The molecule has 2 aromatic rings. The zero-order valence-electron chi connectivity index (χ0n) is 21.0. The van der Waals surface area contributed by atoms with Gasteiger partial charge in [-0.15, -0.1) is 0 Å². The van der Waals surface area contributed by atoms with E-state index in [0.29, 0.717) is 33.8 Å². The maximum absolute atomic E-state index is 13.7. The van der Waals surface area contributed by atoms with E-state index in [1.165, 1.54) is 14.0 Å². The van der Waals surface area contributed by atoms with E-state index in [-0.39, 0.29) is 37.1 Å². The van der Waals surface area contributed by atoms with Gasteiger partial charge in [0.1, 0.15) is 29.4 Å². The van der Waals surface area contributed by atoms with Gasteiger partial charge in [0, 0.05) is 11.1 Å². The van der Waals surface area contributed by atoms with Crippen molar-refractivity contribution in [1.82, 2.24) is 0 Å². The van der Waals surface area contributed by atoms with Crippen LogP contribution in [0.25, 0.3) is 0 Å². The molecule has 0 saturated carbocycles. The van der Waals surface area contributed by atoms with Gasteiger partial charge >= 0.3 is 19.5 Å². The van der Waals surface area contributed by atoms with Crippen molar-refractivity contribution in [2.24, 2.45) is 0 Å². The second-order valence-corrected chi connectivity index (χ2v) is 10.3. The van der Waals surface area contributed by atoms with Crippen LogP contribution in [-0.4, -0.2) is 43.0 Å². The highest BCUT2D eigenvalue weighted by Crippen LogP contribution is 2.51. The lowest BCUT2D eigenvalue weighted by molar-refractivity contribution is -0.150. The molecule has 0 saturated heterocycles. The summed E-state index contributed by atoms with van der Waals surface area (Å²) < 4.78 is 40.7. The van der Waals surface area contributed by atoms with Crippen molar-refractivity contribution in [2.45, 2.75) is 46.8 Å². The second kappa shape index (κ2) is 11.6. The van der Waals surface area contributed by atoms with Crippen LogP contribution in [0.4, 0.5) is 0 Å². The number of ether oxygens (including phenoxy) is 3. The van der Waals surface area contributed by atoms with E-state index in [1.54, 1.807) is 57.2 Å². The molecule has 3 rings (SSSR count). The fraction of sp³-hybridized carbons (Fsp3) is 0.385. The molecule has 0 bridgehead atoms. The molecule has 0 spiro atoms. The molecule has 2 aromatic carbocycles. The number of cyclic esters (lactones) is 1. The molecular formula is C26H31O9P. The Hall–Kier alpha value is -3.29. The van der Waals surface area contributed by atoms with Crippen LogP contribution in [0.15, 0.2) is 42.0 Å². The molecule has 2 atom stereocenters. The number of methoxy groups -OCH3 is 1. The van der Waals surface area contributed by atoms with Gasteiger partial charge in [-0.05, 0) is 51.8 Å². The Bertz CT molecular complexity index is 1200. The lowest BCUT2D eigenvalue weighted by Crippen LogP contribution is -2.24. The van der Waals surface area contributed by atoms with Gasteiger partial charge in [-0.1, -0.05) is 29.8 Å². The van der Waals surface area contributed by atoms with E-state index in [4.69, 9.17) is 23.3 Å². The van der Waals surface area contributed by atoms with Crippen LogP contribution in [0, 0.1) is 6.92 Å². The van der Waals surface area contributed by atoms with E-state index in [0.717, 1.165) is 0 Å². The van der Waals surface area contributed by atoms with Crippen molar-refractivity contribution in [1.29, 1.82) is 0 Å². The maximum atomic E-state index is 13.7. The quantitative estimate of drug-likeness (QED) is 0.246. The van der Waals surface area contributed by atoms with Gasteiger partial charge < -0.3 is 23.8 Å². The standard InChI is InChI=1S/C26H31O9P/c1-6-32-25(28)18(4)34-36(30,35-19-10-8-7-9-11-19)15-16(2)12-13-20-23(27)22-21(14-33-26(22)29)17(3)24(20)31-5/h7-12,18,27H,6,13-15H2,1-5H3/b16-12+/t18-,36?/m0/s1. The zero-order chi connectivity index (χ0) is 26.5. The van der Waals surface area contributed by atoms with Crippen LogP contribution in [0.1, 0.15) is 47.8 Å². The molecule has 1 aliphatic heterocycles. The first-order valence-corrected chi connectivity index (χ1v) is 13.3. The summed E-state index contributed by atoms with van der Waals surface area (Å²) in [5, 5.41) is 10.8. The predicted molar refractivity (Wildman–Crippen MR) is 133 cm³/mol. The Morgan fingerprint density at radius 2 is 1.97 bits per heavy atom. The average Bonchev–Trinajstić information content (AvgIpc) is 3.22. The minimum Gasteiger partial charge on any atom is -0.507 e. The van der Waals surface area contributed by atoms with Gasteiger partial charge in [-0.2, -0.15) is 0 Å². The Morgan fingerprint density at radius 1 is 1.28 bits per heavy atom. The Kier molecular flexibility index (Phi) is 8.82. The summed E-state index contributed by atoms with van der Waals surface area (Å²) in [6.45, 7) is 6.89. The predicted octanol–water partition coefficient (Wildman–Crippen LogP) is 5.11. The highest BCUT2D eigenvalue weighted by molar-refractivity contribution is 7.54. The summed E-state index contributed by atoms with van der Waals surface area (Å²) in [6.07, 6.45) is 0.687. The lowest BCUT2D eigenvalue weighted by Gasteiger charge is -2.23. The molecule has 0 fully saturated rings. The third kappa shape index (κ3) is 6.09. The van der Waals surface area contributed by atoms with Crippen LogP contribution in [0.5, 0.6) is 17.2 Å². The highest BCUT2D eigenvalue weighted by atomic mass is 31.2. The normalized spacial score (nSPS) is 15.5. The number of fused-ring (bicyclic) bond motifs is 1. The Balaban J connectivity index is 1.88. The summed E-state index contributed by atoms with van der Waals surface area (Å²) in [6, 6.07) is 8.53. The van der Waals surface area contributed by atoms with Crippen molar-refractivity contribution >= 4 is 19.5 Å². The number of rotatable bonds is 11. The van der Waals surface area contributed by atoms with Gasteiger partial charge in [0.2, 0.25) is 0 Å². The largest absolute Gasteiger partial charge is 0.507 e. The molecule has 0 radical (unpaired) electrons. The number of hydrogen-bond donors (Lipinski definition) is 1. The van der Waals surface area contributed by atoms with Gasteiger partial charge in [-0.3, -0.25) is 4.52 Å². The monoisotopic (exact) mass is 518 g/mol. The number of aromatic hydroxyl groups is 1. The summed E-state index contributed by atoms with van der Waals surface area (Å²) >= 11 is 0. The first-order valence-electron chi connectivity index (χ1n) is 11.5.